The van der Waals surface area contributed by atoms with Crippen molar-refractivity contribution in [1.29, 1.82) is 0 Å². The van der Waals surface area contributed by atoms with E-state index < -0.39 is 0 Å². The molecule has 4 rings (SSSR count). The molecule has 0 bridgehead atoms. The minimum Gasteiger partial charge on any atom is -0.494 e. The van der Waals surface area contributed by atoms with E-state index in [1.165, 1.54) is 11.3 Å². The normalized spacial score (nSPS) is 15.6. The molecule has 1 aliphatic heterocycles. The van der Waals surface area contributed by atoms with E-state index >= 15 is 0 Å². The Balaban J connectivity index is 1.64. The van der Waals surface area contributed by atoms with E-state index in [0.717, 1.165) is 39.7 Å². The molecule has 3 heterocycles. The maximum Gasteiger partial charge on any atom is 0.280 e. The molecule has 1 aromatic carbocycles. The first-order valence-corrected chi connectivity index (χ1v) is 10.8. The van der Waals surface area contributed by atoms with Crippen molar-refractivity contribution >= 4 is 44.5 Å². The number of nitrogens with one attached hydrogen (secondary N) is 1. The van der Waals surface area contributed by atoms with Crippen LogP contribution in [-0.2, 0) is 4.74 Å². The molecule has 1 atom stereocenters. The fraction of sp³-hybridized carbons (Fsp3) is 0.421. The van der Waals surface area contributed by atoms with Crippen molar-refractivity contribution in [3.05, 3.63) is 33.2 Å². The van der Waals surface area contributed by atoms with Crippen molar-refractivity contribution in [3.8, 4) is 5.75 Å². The molecule has 3 aromatic rings. The first-order valence-electron chi connectivity index (χ1n) is 9.10. The molecule has 1 N–H and O–H groups in total. The third-order valence-corrected chi connectivity index (χ3v) is 6.55. The van der Waals surface area contributed by atoms with Crippen molar-refractivity contribution in [2.45, 2.75) is 19.9 Å². The number of morpholine rings is 1. The molecular formula is C19H22N4O3S2. The number of methoxy groups -OCH3 is 1. The standard InChI is InChI=1S/C19H22N4O3S2/c1-11(13-10-27-12(2)21-13)20-18(24)19-22-16-15(25-3)5-4-14(17(16)28-19)23-6-8-26-9-7-23/h4-5,10-11H,6-9H2,1-3H3,(H,20,24). The van der Waals surface area contributed by atoms with E-state index in [0.29, 0.717) is 24.0 Å². The molecule has 0 aliphatic carbocycles. The predicted molar refractivity (Wildman–Crippen MR) is 112 cm³/mol. The highest BCUT2D eigenvalue weighted by atomic mass is 32.1. The lowest BCUT2D eigenvalue weighted by atomic mass is 10.2. The van der Waals surface area contributed by atoms with Gasteiger partial charge in [0.1, 0.15) is 11.3 Å². The molecular weight excluding hydrogens is 396 g/mol. The van der Waals surface area contributed by atoms with E-state index in [9.17, 15) is 4.79 Å². The third kappa shape index (κ3) is 3.69. The van der Waals surface area contributed by atoms with Gasteiger partial charge in [-0.2, -0.15) is 0 Å². The zero-order chi connectivity index (χ0) is 19.7. The van der Waals surface area contributed by atoms with Crippen LogP contribution in [0.3, 0.4) is 0 Å². The fourth-order valence-corrected chi connectivity index (χ4v) is 4.93. The average molecular weight is 419 g/mol. The number of amides is 1. The summed E-state index contributed by atoms with van der Waals surface area (Å²) in [5.41, 5.74) is 2.65. The van der Waals surface area contributed by atoms with Crippen LogP contribution in [0, 0.1) is 6.92 Å². The Kier molecular flexibility index (Phi) is 5.47. The minimum atomic E-state index is -0.200. The number of aryl methyl sites for hydroxylation is 1. The van der Waals surface area contributed by atoms with Gasteiger partial charge < -0.3 is 19.7 Å². The Labute approximate surface area is 171 Å². The first-order chi connectivity index (χ1) is 13.6. The lowest BCUT2D eigenvalue weighted by Crippen LogP contribution is -2.36. The second-order valence-electron chi connectivity index (χ2n) is 6.57. The lowest BCUT2D eigenvalue weighted by Gasteiger charge is -2.29. The smallest absolute Gasteiger partial charge is 0.280 e. The number of ether oxygens (including phenoxy) is 2. The zero-order valence-electron chi connectivity index (χ0n) is 16.0. The maximum absolute atomic E-state index is 12.8. The van der Waals surface area contributed by atoms with Gasteiger partial charge in [0, 0.05) is 18.5 Å². The third-order valence-electron chi connectivity index (χ3n) is 4.68. The Morgan fingerprint density at radius 1 is 1.32 bits per heavy atom. The van der Waals surface area contributed by atoms with E-state index in [-0.39, 0.29) is 11.9 Å². The number of carbonyl (C=O) groups is 1. The topological polar surface area (TPSA) is 76.6 Å². The Bertz CT molecular complexity index is 994. The maximum atomic E-state index is 12.8. The molecule has 0 radical (unpaired) electrons. The summed E-state index contributed by atoms with van der Waals surface area (Å²) in [4.78, 5) is 24.1. The highest BCUT2D eigenvalue weighted by molar-refractivity contribution is 7.21. The molecule has 9 heteroatoms. The number of fused-ring (bicyclic) bond motifs is 1. The van der Waals surface area contributed by atoms with Gasteiger partial charge >= 0.3 is 0 Å². The van der Waals surface area contributed by atoms with Crippen molar-refractivity contribution in [3.63, 3.8) is 0 Å². The summed E-state index contributed by atoms with van der Waals surface area (Å²) in [5.74, 6) is 0.472. The number of nitrogens with zero attached hydrogens (tertiary/aromatic N) is 3. The second-order valence-corrected chi connectivity index (χ2v) is 8.63. The van der Waals surface area contributed by atoms with Crippen LogP contribution in [0.4, 0.5) is 5.69 Å². The number of thiazole rings is 2. The van der Waals surface area contributed by atoms with Crippen LogP contribution >= 0.6 is 22.7 Å². The van der Waals surface area contributed by atoms with Crippen molar-refractivity contribution in [2.75, 3.05) is 38.3 Å². The molecule has 0 saturated carbocycles. The molecule has 28 heavy (non-hydrogen) atoms. The summed E-state index contributed by atoms with van der Waals surface area (Å²) in [6.45, 7) is 6.92. The summed E-state index contributed by atoms with van der Waals surface area (Å²) in [7, 11) is 1.62. The highest BCUT2D eigenvalue weighted by Crippen LogP contribution is 2.38. The van der Waals surface area contributed by atoms with Gasteiger partial charge in [-0.1, -0.05) is 0 Å². The average Bonchev–Trinajstić information content (AvgIpc) is 3.34. The first kappa shape index (κ1) is 19.1. The summed E-state index contributed by atoms with van der Waals surface area (Å²) < 4.78 is 11.9. The molecule has 7 nitrogen and oxygen atoms in total. The molecule has 1 amide bonds. The van der Waals surface area contributed by atoms with Crippen molar-refractivity contribution in [2.24, 2.45) is 0 Å². The number of benzene rings is 1. The van der Waals surface area contributed by atoms with Crippen LogP contribution < -0.4 is 15.0 Å². The number of aromatic nitrogens is 2. The van der Waals surface area contributed by atoms with Gasteiger partial charge in [-0.3, -0.25) is 4.79 Å². The molecule has 1 unspecified atom stereocenters. The van der Waals surface area contributed by atoms with E-state index in [1.54, 1.807) is 18.4 Å². The van der Waals surface area contributed by atoms with Crippen LogP contribution in [0.2, 0.25) is 0 Å². The van der Waals surface area contributed by atoms with Gasteiger partial charge in [-0.05, 0) is 26.0 Å². The number of anilines is 1. The van der Waals surface area contributed by atoms with Gasteiger partial charge in [0.25, 0.3) is 5.91 Å². The Hall–Kier alpha value is -2.23. The van der Waals surface area contributed by atoms with Gasteiger partial charge in [0.05, 0.1) is 47.5 Å². The highest BCUT2D eigenvalue weighted by Gasteiger charge is 2.22. The van der Waals surface area contributed by atoms with E-state index in [1.807, 2.05) is 31.4 Å². The van der Waals surface area contributed by atoms with E-state index in [4.69, 9.17) is 9.47 Å². The Morgan fingerprint density at radius 2 is 2.11 bits per heavy atom. The van der Waals surface area contributed by atoms with Crippen molar-refractivity contribution < 1.29 is 14.3 Å². The van der Waals surface area contributed by atoms with Crippen LogP contribution in [0.1, 0.15) is 33.5 Å². The van der Waals surface area contributed by atoms with Crippen LogP contribution in [-0.4, -0.2) is 49.3 Å². The molecule has 1 aliphatic rings. The van der Waals surface area contributed by atoms with Crippen LogP contribution in [0.5, 0.6) is 5.75 Å². The number of hydrogen-bond donors (Lipinski definition) is 1. The number of rotatable bonds is 5. The summed E-state index contributed by atoms with van der Waals surface area (Å²) >= 11 is 2.97. The molecule has 2 aromatic heterocycles. The zero-order valence-corrected chi connectivity index (χ0v) is 17.7. The summed E-state index contributed by atoms with van der Waals surface area (Å²) in [6, 6.07) is 3.77. The molecule has 1 saturated heterocycles. The van der Waals surface area contributed by atoms with Gasteiger partial charge in [0.15, 0.2) is 5.01 Å². The van der Waals surface area contributed by atoms with Crippen LogP contribution in [0.15, 0.2) is 17.5 Å². The predicted octanol–water partition coefficient (Wildman–Crippen LogP) is 3.40. The summed E-state index contributed by atoms with van der Waals surface area (Å²) in [5, 5.41) is 6.38. The fourth-order valence-electron chi connectivity index (χ4n) is 3.20. The number of hydrogen-bond acceptors (Lipinski definition) is 8. The monoisotopic (exact) mass is 418 g/mol. The minimum absolute atomic E-state index is 0.176. The molecule has 1 fully saturated rings. The molecule has 148 valence electrons. The van der Waals surface area contributed by atoms with Crippen molar-refractivity contribution in [1.82, 2.24) is 15.3 Å². The van der Waals surface area contributed by atoms with Crippen LogP contribution in [0.25, 0.3) is 10.2 Å². The second kappa shape index (κ2) is 8.02. The van der Waals surface area contributed by atoms with Gasteiger partial charge in [-0.15, -0.1) is 22.7 Å². The quantitative estimate of drug-likeness (QED) is 0.684. The molecule has 0 spiro atoms. The number of carbonyl (C=O) groups excluding carboxylic acids is 1. The SMILES string of the molecule is COc1ccc(N2CCOCC2)c2sc(C(=O)NC(C)c3csc(C)n3)nc12. The van der Waals surface area contributed by atoms with E-state index in [2.05, 4.69) is 20.2 Å². The summed E-state index contributed by atoms with van der Waals surface area (Å²) in [6.07, 6.45) is 0. The van der Waals surface area contributed by atoms with Gasteiger partial charge in [0.2, 0.25) is 0 Å². The lowest BCUT2D eigenvalue weighted by molar-refractivity contribution is 0.0939. The van der Waals surface area contributed by atoms with Gasteiger partial charge in [-0.25, -0.2) is 9.97 Å². The Morgan fingerprint density at radius 3 is 2.79 bits per heavy atom. The largest absolute Gasteiger partial charge is 0.494 e.